The summed E-state index contributed by atoms with van der Waals surface area (Å²) in [5.74, 6) is 1.76. The van der Waals surface area contributed by atoms with Crippen LogP contribution < -0.4 is 15.2 Å². The molecule has 0 unspecified atom stereocenters. The summed E-state index contributed by atoms with van der Waals surface area (Å²) in [6.45, 7) is 10.0. The lowest BCUT2D eigenvalue weighted by Gasteiger charge is -2.30. The zero-order valence-corrected chi connectivity index (χ0v) is 22.9. The Morgan fingerprint density at radius 2 is 1.47 bits per heavy atom. The predicted octanol–water partition coefficient (Wildman–Crippen LogP) is 7.72. The van der Waals surface area contributed by atoms with Crippen LogP contribution in [0, 0.1) is 12.3 Å². The topological polar surface area (TPSA) is 68.3 Å². The lowest BCUT2D eigenvalue weighted by Crippen LogP contribution is -2.21. The van der Waals surface area contributed by atoms with E-state index in [0.29, 0.717) is 18.8 Å². The van der Waals surface area contributed by atoms with E-state index in [4.69, 9.17) is 20.6 Å². The first-order valence-electron chi connectivity index (χ1n) is 13.3. The van der Waals surface area contributed by atoms with Gasteiger partial charge in [0.2, 0.25) is 0 Å². The maximum Gasteiger partial charge on any atom is 0.123 e. The second-order valence-electron chi connectivity index (χ2n) is 10.3. The third-order valence-corrected chi connectivity index (χ3v) is 7.18. The molecule has 0 aliphatic carbocycles. The minimum Gasteiger partial charge on any atom is -0.489 e. The van der Waals surface area contributed by atoms with Gasteiger partial charge >= 0.3 is 0 Å². The van der Waals surface area contributed by atoms with Gasteiger partial charge in [-0.3, -0.25) is 5.41 Å². The van der Waals surface area contributed by atoms with Crippen LogP contribution >= 0.6 is 0 Å². The average Bonchev–Trinajstić information content (AvgIpc) is 2.93. The molecule has 0 saturated heterocycles. The summed E-state index contributed by atoms with van der Waals surface area (Å²) >= 11 is 0. The number of rotatable bonds is 11. The zero-order valence-electron chi connectivity index (χ0n) is 22.9. The molecule has 0 fully saturated rings. The van der Waals surface area contributed by atoms with E-state index in [2.05, 4.69) is 88.4 Å². The summed E-state index contributed by atoms with van der Waals surface area (Å²) in [6.07, 6.45) is 2.04. The number of hydrogen-bond acceptors (Lipinski definition) is 3. The first kappa shape index (κ1) is 27.0. The molecule has 3 N–H and O–H groups in total. The minimum absolute atomic E-state index is 0.0519. The van der Waals surface area contributed by atoms with Crippen molar-refractivity contribution in [2.75, 3.05) is 0 Å². The summed E-state index contributed by atoms with van der Waals surface area (Å²) in [6, 6.07) is 30.7. The Hall–Kier alpha value is -4.05. The van der Waals surface area contributed by atoms with Gasteiger partial charge in [0.25, 0.3) is 0 Å². The highest BCUT2D eigenvalue weighted by Gasteiger charge is 2.26. The fourth-order valence-corrected chi connectivity index (χ4v) is 4.98. The van der Waals surface area contributed by atoms with Crippen LogP contribution in [0.3, 0.4) is 0 Å². The van der Waals surface area contributed by atoms with Gasteiger partial charge in [0, 0.05) is 11.0 Å². The number of amidine groups is 1. The molecule has 0 aliphatic heterocycles. The molecule has 4 nitrogen and oxygen atoms in total. The van der Waals surface area contributed by atoms with E-state index in [1.807, 2.05) is 18.2 Å². The normalized spacial score (nSPS) is 11.3. The monoisotopic (exact) mass is 506 g/mol. The third-order valence-electron chi connectivity index (χ3n) is 7.18. The SMILES string of the molecule is CCCc1c(OCc2cccc(COc3ccc(C(=N)N)cc3)c2)ccc(C(C)(C)c2ccccc2)c1C. The van der Waals surface area contributed by atoms with Crippen molar-refractivity contribution >= 4 is 5.84 Å². The largest absolute Gasteiger partial charge is 0.489 e. The Kier molecular flexibility index (Phi) is 8.52. The molecule has 0 spiro atoms. The summed E-state index contributed by atoms with van der Waals surface area (Å²) in [7, 11) is 0. The van der Waals surface area contributed by atoms with Crippen molar-refractivity contribution in [3.05, 3.63) is 130 Å². The number of ether oxygens (including phenoxy) is 2. The summed E-state index contributed by atoms with van der Waals surface area (Å²) in [4.78, 5) is 0. The van der Waals surface area contributed by atoms with Crippen LogP contribution in [0.2, 0.25) is 0 Å². The van der Waals surface area contributed by atoms with Crippen LogP contribution in [0.15, 0.2) is 91.0 Å². The second-order valence-corrected chi connectivity index (χ2v) is 10.3. The fourth-order valence-electron chi connectivity index (χ4n) is 4.98. The molecule has 0 aliphatic rings. The van der Waals surface area contributed by atoms with E-state index in [0.717, 1.165) is 35.5 Å². The zero-order chi connectivity index (χ0) is 27.1. The van der Waals surface area contributed by atoms with Gasteiger partial charge in [0.15, 0.2) is 0 Å². The summed E-state index contributed by atoms with van der Waals surface area (Å²) in [5, 5.41) is 7.51. The lowest BCUT2D eigenvalue weighted by molar-refractivity contribution is 0.297. The molecule has 0 bridgehead atoms. The predicted molar refractivity (Wildman–Crippen MR) is 156 cm³/mol. The standard InChI is InChI=1S/C34H38N2O2/c1-5-10-30-24(2)31(34(3,4)28-13-7-6-8-14-28)19-20-32(30)38-23-26-12-9-11-25(21-26)22-37-29-17-15-27(16-18-29)33(35)36/h6-9,11-21H,5,10,22-23H2,1-4H3,(H3,35,36). The summed E-state index contributed by atoms with van der Waals surface area (Å²) in [5.41, 5.74) is 13.6. The number of hydrogen-bond donors (Lipinski definition) is 2. The molecule has 196 valence electrons. The first-order chi connectivity index (χ1) is 18.3. The average molecular weight is 507 g/mol. The van der Waals surface area contributed by atoms with Crippen molar-refractivity contribution in [3.63, 3.8) is 0 Å². The Morgan fingerprint density at radius 3 is 2.11 bits per heavy atom. The van der Waals surface area contributed by atoms with Gasteiger partial charge in [0.05, 0.1) is 0 Å². The third kappa shape index (κ3) is 6.25. The first-order valence-corrected chi connectivity index (χ1v) is 13.3. The van der Waals surface area contributed by atoms with Gasteiger partial charge < -0.3 is 15.2 Å². The van der Waals surface area contributed by atoms with Gasteiger partial charge in [-0.05, 0) is 83.1 Å². The molecular formula is C34H38N2O2. The molecule has 0 amide bonds. The fraction of sp³-hybridized carbons (Fsp3) is 0.265. The highest BCUT2D eigenvalue weighted by Crippen LogP contribution is 2.38. The summed E-state index contributed by atoms with van der Waals surface area (Å²) < 4.78 is 12.4. The highest BCUT2D eigenvalue weighted by molar-refractivity contribution is 5.94. The van der Waals surface area contributed by atoms with Crippen molar-refractivity contribution in [1.29, 1.82) is 5.41 Å². The number of nitrogens with two attached hydrogens (primary N) is 1. The van der Waals surface area contributed by atoms with Crippen LogP contribution in [0.4, 0.5) is 0 Å². The smallest absolute Gasteiger partial charge is 0.123 e. The van der Waals surface area contributed by atoms with Crippen LogP contribution in [0.5, 0.6) is 11.5 Å². The van der Waals surface area contributed by atoms with Crippen LogP contribution in [0.25, 0.3) is 0 Å². The van der Waals surface area contributed by atoms with E-state index < -0.39 is 0 Å². The van der Waals surface area contributed by atoms with Gasteiger partial charge in [-0.2, -0.15) is 0 Å². The second kappa shape index (κ2) is 12.0. The van der Waals surface area contributed by atoms with Crippen molar-refractivity contribution in [3.8, 4) is 11.5 Å². The number of benzene rings is 4. The van der Waals surface area contributed by atoms with E-state index in [-0.39, 0.29) is 11.3 Å². The van der Waals surface area contributed by atoms with Crippen molar-refractivity contribution < 1.29 is 9.47 Å². The Bertz CT molecular complexity index is 1380. The number of nitrogens with one attached hydrogen (secondary N) is 1. The molecule has 0 atom stereocenters. The molecule has 38 heavy (non-hydrogen) atoms. The molecule has 0 heterocycles. The molecule has 0 radical (unpaired) electrons. The molecule has 4 aromatic rings. The quantitative estimate of drug-likeness (QED) is 0.162. The molecule has 0 aromatic heterocycles. The molecule has 4 aromatic carbocycles. The molecular weight excluding hydrogens is 468 g/mol. The van der Waals surface area contributed by atoms with E-state index in [9.17, 15) is 0 Å². The van der Waals surface area contributed by atoms with Crippen molar-refractivity contribution in [1.82, 2.24) is 0 Å². The van der Waals surface area contributed by atoms with Crippen LogP contribution in [-0.2, 0) is 25.0 Å². The Labute approximate surface area is 227 Å². The molecule has 4 rings (SSSR count). The molecule has 4 heteroatoms. The highest BCUT2D eigenvalue weighted by atomic mass is 16.5. The Morgan fingerprint density at radius 1 is 0.816 bits per heavy atom. The molecule has 0 saturated carbocycles. The van der Waals surface area contributed by atoms with Crippen molar-refractivity contribution in [2.45, 2.75) is 59.2 Å². The van der Waals surface area contributed by atoms with Gasteiger partial charge in [-0.15, -0.1) is 0 Å². The van der Waals surface area contributed by atoms with Crippen LogP contribution in [0.1, 0.15) is 66.1 Å². The van der Waals surface area contributed by atoms with E-state index >= 15 is 0 Å². The minimum atomic E-state index is -0.0902. The maximum absolute atomic E-state index is 7.51. The lowest BCUT2D eigenvalue weighted by atomic mass is 9.75. The van der Waals surface area contributed by atoms with Crippen molar-refractivity contribution in [2.24, 2.45) is 5.73 Å². The van der Waals surface area contributed by atoms with Gasteiger partial charge in [0.1, 0.15) is 30.5 Å². The maximum atomic E-state index is 7.51. The van der Waals surface area contributed by atoms with E-state index in [1.165, 1.54) is 22.3 Å². The van der Waals surface area contributed by atoms with Crippen LogP contribution in [-0.4, -0.2) is 5.84 Å². The number of nitrogen functional groups attached to an aromatic ring is 1. The Balaban J connectivity index is 1.47. The van der Waals surface area contributed by atoms with Gasteiger partial charge in [-0.1, -0.05) is 81.8 Å². The van der Waals surface area contributed by atoms with Gasteiger partial charge in [-0.25, -0.2) is 0 Å². The van der Waals surface area contributed by atoms with E-state index in [1.54, 1.807) is 12.1 Å².